The number of hydrogen-bond donors (Lipinski definition) is 1. The minimum atomic E-state index is -0.398. The maximum Gasteiger partial charge on any atom is 0.0931 e. The van der Waals surface area contributed by atoms with Crippen molar-refractivity contribution in [2.24, 2.45) is 0 Å². The molecule has 0 aliphatic heterocycles. The van der Waals surface area contributed by atoms with Crippen LogP contribution >= 0.6 is 34.7 Å². The predicted molar refractivity (Wildman–Crippen MR) is 76.0 cm³/mol. The van der Waals surface area contributed by atoms with Crippen molar-refractivity contribution in [3.05, 3.63) is 51.2 Å². The van der Waals surface area contributed by atoms with Crippen molar-refractivity contribution in [3.8, 4) is 0 Å². The fraction of sp³-hybridized carbons (Fsp3) is 0.231. The fourth-order valence-electron chi connectivity index (χ4n) is 1.43. The summed E-state index contributed by atoms with van der Waals surface area (Å²) in [6, 6.07) is 12.0. The maximum atomic E-state index is 9.41. The monoisotopic (exact) mass is 284 g/mol. The van der Waals surface area contributed by atoms with E-state index in [2.05, 4.69) is 6.07 Å². The highest BCUT2D eigenvalue weighted by Gasteiger charge is 2.02. The van der Waals surface area contributed by atoms with Gasteiger partial charge in [-0.3, -0.25) is 0 Å². The Morgan fingerprint density at radius 3 is 2.47 bits per heavy atom. The summed E-state index contributed by atoms with van der Waals surface area (Å²) < 4.78 is 0.838. The molecule has 2 rings (SSSR count). The zero-order valence-corrected chi connectivity index (χ0v) is 11.8. The van der Waals surface area contributed by atoms with Gasteiger partial charge in [0.25, 0.3) is 0 Å². The SMILES string of the molecule is CC(O)c1ccc(SCc2ccc(Cl)s2)cc1. The second kappa shape index (κ2) is 5.91. The summed E-state index contributed by atoms with van der Waals surface area (Å²) >= 11 is 9.28. The smallest absolute Gasteiger partial charge is 0.0931 e. The molecule has 1 nitrogen and oxygen atoms in total. The number of aliphatic hydroxyl groups is 1. The van der Waals surface area contributed by atoms with Gasteiger partial charge in [-0.15, -0.1) is 23.1 Å². The summed E-state index contributed by atoms with van der Waals surface area (Å²) in [4.78, 5) is 2.48. The van der Waals surface area contributed by atoms with Crippen molar-refractivity contribution in [3.63, 3.8) is 0 Å². The molecule has 90 valence electrons. The largest absolute Gasteiger partial charge is 0.389 e. The van der Waals surface area contributed by atoms with Crippen molar-refractivity contribution in [2.45, 2.75) is 23.7 Å². The van der Waals surface area contributed by atoms with E-state index in [-0.39, 0.29) is 0 Å². The Labute approximate surface area is 114 Å². The van der Waals surface area contributed by atoms with E-state index in [1.165, 1.54) is 9.77 Å². The van der Waals surface area contributed by atoms with Crippen LogP contribution in [0.25, 0.3) is 0 Å². The van der Waals surface area contributed by atoms with Crippen LogP contribution in [0.5, 0.6) is 0 Å². The molecule has 0 saturated heterocycles. The fourth-order valence-corrected chi connectivity index (χ4v) is 3.46. The number of thioether (sulfide) groups is 1. The average molecular weight is 285 g/mol. The first-order valence-corrected chi connectivity index (χ1v) is 7.48. The predicted octanol–water partition coefficient (Wildman–Crippen LogP) is 4.75. The normalized spacial score (nSPS) is 12.6. The minimum Gasteiger partial charge on any atom is -0.389 e. The van der Waals surface area contributed by atoms with Crippen molar-refractivity contribution in [1.82, 2.24) is 0 Å². The van der Waals surface area contributed by atoms with Gasteiger partial charge in [-0.25, -0.2) is 0 Å². The van der Waals surface area contributed by atoms with E-state index in [0.29, 0.717) is 0 Å². The van der Waals surface area contributed by atoms with Crippen LogP contribution in [0.3, 0.4) is 0 Å². The molecule has 4 heteroatoms. The van der Waals surface area contributed by atoms with Gasteiger partial charge in [-0.1, -0.05) is 23.7 Å². The zero-order chi connectivity index (χ0) is 12.3. The minimum absolute atomic E-state index is 0.398. The molecule has 1 aromatic carbocycles. The van der Waals surface area contributed by atoms with Gasteiger partial charge in [0.05, 0.1) is 10.4 Å². The van der Waals surface area contributed by atoms with Crippen molar-refractivity contribution >= 4 is 34.7 Å². The lowest BCUT2D eigenvalue weighted by Crippen LogP contribution is -1.89. The van der Waals surface area contributed by atoms with E-state index in [0.717, 1.165) is 15.7 Å². The number of halogens is 1. The molecule has 0 amide bonds. The lowest BCUT2D eigenvalue weighted by Gasteiger charge is -2.05. The van der Waals surface area contributed by atoms with Gasteiger partial charge in [-0.2, -0.15) is 0 Å². The average Bonchev–Trinajstić information content (AvgIpc) is 2.73. The first-order chi connectivity index (χ1) is 8.15. The lowest BCUT2D eigenvalue weighted by molar-refractivity contribution is 0.199. The number of thiophene rings is 1. The summed E-state index contributed by atoms with van der Waals surface area (Å²) in [7, 11) is 0. The highest BCUT2D eigenvalue weighted by atomic mass is 35.5. The van der Waals surface area contributed by atoms with Gasteiger partial charge in [0.1, 0.15) is 0 Å². The van der Waals surface area contributed by atoms with Gasteiger partial charge in [-0.05, 0) is 36.8 Å². The van der Waals surface area contributed by atoms with Crippen LogP contribution in [0, 0.1) is 0 Å². The van der Waals surface area contributed by atoms with E-state index >= 15 is 0 Å². The summed E-state index contributed by atoms with van der Waals surface area (Å²) in [5, 5.41) is 9.41. The zero-order valence-electron chi connectivity index (χ0n) is 9.39. The van der Waals surface area contributed by atoms with Crippen molar-refractivity contribution in [2.75, 3.05) is 0 Å². The van der Waals surface area contributed by atoms with Gasteiger partial charge in [0, 0.05) is 15.5 Å². The van der Waals surface area contributed by atoms with Gasteiger partial charge in [0.15, 0.2) is 0 Å². The standard InChI is InChI=1S/C13H13ClOS2/c1-9(15)10-2-4-11(5-3-10)16-8-12-6-7-13(14)17-12/h2-7,9,15H,8H2,1H3. The summed E-state index contributed by atoms with van der Waals surface area (Å²) in [6.45, 7) is 1.77. The van der Waals surface area contributed by atoms with Crippen molar-refractivity contribution in [1.29, 1.82) is 0 Å². The Morgan fingerprint density at radius 1 is 1.24 bits per heavy atom. The summed E-state index contributed by atoms with van der Waals surface area (Å²) in [5.74, 6) is 0.936. The van der Waals surface area contributed by atoms with Crippen LogP contribution in [0.2, 0.25) is 4.34 Å². The molecular formula is C13H13ClOS2. The number of hydrogen-bond acceptors (Lipinski definition) is 3. The lowest BCUT2D eigenvalue weighted by atomic mass is 10.1. The van der Waals surface area contributed by atoms with Gasteiger partial charge < -0.3 is 5.11 Å². The van der Waals surface area contributed by atoms with Crippen LogP contribution < -0.4 is 0 Å². The molecule has 0 spiro atoms. The molecule has 0 bridgehead atoms. The van der Waals surface area contributed by atoms with Gasteiger partial charge >= 0.3 is 0 Å². The molecule has 0 saturated carbocycles. The Bertz CT molecular complexity index is 476. The Morgan fingerprint density at radius 2 is 1.94 bits per heavy atom. The molecule has 1 unspecified atom stereocenters. The number of rotatable bonds is 4. The molecule has 1 heterocycles. The summed E-state index contributed by atoms with van der Waals surface area (Å²) in [6.07, 6.45) is -0.398. The Hall–Kier alpha value is -0.480. The molecule has 1 aromatic heterocycles. The van der Waals surface area contributed by atoms with Crippen LogP contribution in [-0.2, 0) is 5.75 Å². The second-order valence-corrected chi connectivity index (χ2v) is 6.59. The molecule has 0 aliphatic rings. The van der Waals surface area contributed by atoms with Gasteiger partial charge in [0.2, 0.25) is 0 Å². The molecule has 1 atom stereocenters. The van der Waals surface area contributed by atoms with Crippen LogP contribution in [0.4, 0.5) is 0 Å². The molecule has 1 N–H and O–H groups in total. The molecule has 0 aliphatic carbocycles. The molecule has 2 aromatic rings. The third-order valence-corrected chi connectivity index (χ3v) is 4.85. The van der Waals surface area contributed by atoms with Crippen LogP contribution in [-0.4, -0.2) is 5.11 Å². The number of aliphatic hydroxyl groups excluding tert-OH is 1. The highest BCUT2D eigenvalue weighted by molar-refractivity contribution is 7.98. The third-order valence-electron chi connectivity index (χ3n) is 2.37. The maximum absolute atomic E-state index is 9.41. The second-order valence-electron chi connectivity index (χ2n) is 3.74. The first-order valence-electron chi connectivity index (χ1n) is 5.30. The van der Waals surface area contributed by atoms with E-state index in [9.17, 15) is 5.11 Å². The Kier molecular flexibility index (Phi) is 4.51. The first kappa shape index (κ1) is 13.0. The molecular weight excluding hydrogens is 272 g/mol. The quantitative estimate of drug-likeness (QED) is 0.818. The van der Waals surface area contributed by atoms with Crippen LogP contribution in [0.15, 0.2) is 41.3 Å². The molecule has 17 heavy (non-hydrogen) atoms. The molecule has 0 radical (unpaired) electrons. The topological polar surface area (TPSA) is 20.2 Å². The Balaban J connectivity index is 1.95. The summed E-state index contributed by atoms with van der Waals surface area (Å²) in [5.41, 5.74) is 0.952. The van der Waals surface area contributed by atoms with E-state index in [1.807, 2.05) is 30.3 Å². The van der Waals surface area contributed by atoms with E-state index in [4.69, 9.17) is 11.6 Å². The van der Waals surface area contributed by atoms with E-state index < -0.39 is 6.10 Å². The highest BCUT2D eigenvalue weighted by Crippen LogP contribution is 2.29. The third kappa shape index (κ3) is 3.75. The van der Waals surface area contributed by atoms with Crippen molar-refractivity contribution < 1.29 is 5.11 Å². The molecule has 0 fully saturated rings. The number of benzene rings is 1. The van der Waals surface area contributed by atoms with E-state index in [1.54, 1.807) is 30.0 Å². The van der Waals surface area contributed by atoms with Crippen LogP contribution in [0.1, 0.15) is 23.5 Å².